The molecule has 1 saturated heterocycles. The highest BCUT2D eigenvalue weighted by molar-refractivity contribution is 7.96. The van der Waals surface area contributed by atoms with Gasteiger partial charge < -0.3 is 4.74 Å². The summed E-state index contributed by atoms with van der Waals surface area (Å²) in [4.78, 5) is 12.7. The van der Waals surface area contributed by atoms with Gasteiger partial charge in [0.05, 0.1) is 6.61 Å². The SMILES string of the molecule is O=C1OCC[C@@H]1[P+](c1ccccc1)(c1ccccc1)c1ccccc1. The first kappa shape index (κ1) is 16.1. The van der Waals surface area contributed by atoms with Crippen LogP contribution in [0.15, 0.2) is 91.0 Å². The molecule has 1 fully saturated rings. The van der Waals surface area contributed by atoms with Crippen LogP contribution in [0.25, 0.3) is 0 Å². The van der Waals surface area contributed by atoms with Gasteiger partial charge in [0, 0.05) is 6.42 Å². The fraction of sp³-hybridized carbons (Fsp3) is 0.136. The third-order valence-corrected chi connectivity index (χ3v) is 9.61. The summed E-state index contributed by atoms with van der Waals surface area (Å²) in [5.41, 5.74) is -0.125. The Morgan fingerprint density at radius 3 is 1.40 bits per heavy atom. The first-order valence-corrected chi connectivity index (χ1v) is 10.4. The maximum absolute atomic E-state index is 12.7. The molecule has 0 aromatic heterocycles. The van der Waals surface area contributed by atoms with Crippen molar-refractivity contribution in [1.82, 2.24) is 0 Å². The van der Waals surface area contributed by atoms with Crippen LogP contribution in [0.2, 0.25) is 0 Å². The van der Waals surface area contributed by atoms with E-state index in [1.54, 1.807) is 0 Å². The molecule has 0 spiro atoms. The lowest BCUT2D eigenvalue weighted by atomic mass is 10.3. The van der Waals surface area contributed by atoms with Crippen molar-refractivity contribution in [2.45, 2.75) is 12.1 Å². The zero-order valence-corrected chi connectivity index (χ0v) is 14.8. The molecule has 3 heteroatoms. The van der Waals surface area contributed by atoms with E-state index in [0.29, 0.717) is 6.61 Å². The van der Waals surface area contributed by atoms with Gasteiger partial charge in [-0.1, -0.05) is 54.6 Å². The highest BCUT2D eigenvalue weighted by Gasteiger charge is 2.57. The van der Waals surface area contributed by atoms with Crippen LogP contribution in [-0.2, 0) is 9.53 Å². The Morgan fingerprint density at radius 2 is 1.08 bits per heavy atom. The van der Waals surface area contributed by atoms with Crippen molar-refractivity contribution in [3.05, 3.63) is 91.0 Å². The van der Waals surface area contributed by atoms with Crippen LogP contribution in [0.4, 0.5) is 0 Å². The maximum atomic E-state index is 12.7. The van der Waals surface area contributed by atoms with E-state index in [1.807, 2.05) is 18.2 Å². The fourth-order valence-corrected chi connectivity index (χ4v) is 8.60. The average molecular weight is 347 g/mol. The molecule has 3 aromatic carbocycles. The van der Waals surface area contributed by atoms with E-state index in [2.05, 4.69) is 72.8 Å². The first-order chi connectivity index (χ1) is 12.3. The number of cyclic esters (lactones) is 1. The fourth-order valence-electron chi connectivity index (χ4n) is 3.81. The normalized spacial score (nSPS) is 17.3. The zero-order chi connectivity index (χ0) is 17.1. The van der Waals surface area contributed by atoms with E-state index in [0.717, 1.165) is 6.42 Å². The van der Waals surface area contributed by atoms with Crippen molar-refractivity contribution in [2.75, 3.05) is 6.61 Å². The molecule has 25 heavy (non-hydrogen) atoms. The predicted octanol–water partition coefficient (Wildman–Crippen LogP) is 3.30. The molecule has 1 atom stereocenters. The van der Waals surface area contributed by atoms with Crippen molar-refractivity contribution in [2.24, 2.45) is 0 Å². The van der Waals surface area contributed by atoms with Crippen LogP contribution < -0.4 is 15.9 Å². The molecule has 1 aliphatic rings. The van der Waals surface area contributed by atoms with Gasteiger partial charge in [0.2, 0.25) is 0 Å². The highest BCUT2D eigenvalue weighted by Crippen LogP contribution is 2.61. The molecule has 0 saturated carbocycles. The summed E-state index contributed by atoms with van der Waals surface area (Å²) in [7, 11) is -2.13. The highest BCUT2D eigenvalue weighted by atomic mass is 31.2. The number of ether oxygens (including phenoxy) is 1. The first-order valence-electron chi connectivity index (χ1n) is 8.55. The maximum Gasteiger partial charge on any atom is 0.348 e. The van der Waals surface area contributed by atoms with Crippen molar-refractivity contribution < 1.29 is 9.53 Å². The molecule has 124 valence electrons. The number of hydrogen-bond acceptors (Lipinski definition) is 2. The molecule has 1 heterocycles. The Hall–Kier alpha value is -2.44. The average Bonchev–Trinajstić information content (AvgIpc) is 3.12. The summed E-state index contributed by atoms with van der Waals surface area (Å²) in [5.74, 6) is -0.0649. The van der Waals surface area contributed by atoms with Gasteiger partial charge >= 0.3 is 5.97 Å². The van der Waals surface area contributed by atoms with E-state index < -0.39 is 7.26 Å². The van der Waals surface area contributed by atoms with Crippen LogP contribution in [0, 0.1) is 0 Å². The molecule has 0 unspecified atom stereocenters. The zero-order valence-electron chi connectivity index (χ0n) is 13.9. The monoisotopic (exact) mass is 347 g/mol. The molecular weight excluding hydrogens is 327 g/mol. The van der Waals surface area contributed by atoms with Gasteiger partial charge in [0.1, 0.15) is 23.2 Å². The van der Waals surface area contributed by atoms with E-state index in [1.165, 1.54) is 15.9 Å². The third-order valence-electron chi connectivity index (χ3n) is 4.87. The molecule has 3 aromatic rings. The summed E-state index contributed by atoms with van der Waals surface area (Å²) >= 11 is 0. The number of benzene rings is 3. The van der Waals surface area contributed by atoms with Gasteiger partial charge in [-0.2, -0.15) is 0 Å². The van der Waals surface area contributed by atoms with Gasteiger partial charge in [0.15, 0.2) is 5.66 Å². The Labute approximate surface area is 148 Å². The van der Waals surface area contributed by atoms with E-state index in [-0.39, 0.29) is 11.6 Å². The molecule has 4 rings (SSSR count). The second kappa shape index (κ2) is 6.82. The minimum Gasteiger partial charge on any atom is -0.463 e. The predicted molar refractivity (Wildman–Crippen MR) is 105 cm³/mol. The van der Waals surface area contributed by atoms with E-state index in [4.69, 9.17) is 4.74 Å². The number of hydrogen-bond donors (Lipinski definition) is 0. The topological polar surface area (TPSA) is 26.3 Å². The van der Waals surface area contributed by atoms with Gasteiger partial charge in [-0.15, -0.1) is 0 Å². The standard InChI is InChI=1S/C22H20O2P/c23-22-21(16-17-24-22)25(18-10-4-1-5-11-18,19-12-6-2-7-13-19)20-14-8-3-9-15-20/h1-15,21H,16-17H2/q+1/t21-/m0/s1. The van der Waals surface area contributed by atoms with Gasteiger partial charge in [-0.25, -0.2) is 4.79 Å². The van der Waals surface area contributed by atoms with Gasteiger partial charge in [0.25, 0.3) is 0 Å². The minimum absolute atomic E-state index is 0.0649. The van der Waals surface area contributed by atoms with Crippen molar-refractivity contribution >= 4 is 29.1 Å². The molecule has 0 aliphatic carbocycles. The lowest BCUT2D eigenvalue weighted by molar-refractivity contribution is -0.137. The van der Waals surface area contributed by atoms with Gasteiger partial charge in [-0.3, -0.25) is 0 Å². The number of carbonyl (C=O) groups excluding carboxylic acids is 1. The quantitative estimate of drug-likeness (QED) is 0.535. The summed E-state index contributed by atoms with van der Waals surface area (Å²) in [6, 6.07) is 31.5. The third kappa shape index (κ3) is 2.67. The van der Waals surface area contributed by atoms with Gasteiger partial charge in [-0.05, 0) is 36.4 Å². The molecule has 1 aliphatic heterocycles. The molecule has 0 bridgehead atoms. The van der Waals surface area contributed by atoms with Crippen LogP contribution >= 0.6 is 7.26 Å². The van der Waals surface area contributed by atoms with Crippen LogP contribution in [0.1, 0.15) is 6.42 Å². The van der Waals surface area contributed by atoms with E-state index >= 15 is 0 Å². The Morgan fingerprint density at radius 1 is 0.680 bits per heavy atom. The van der Waals surface area contributed by atoms with Crippen LogP contribution in [-0.4, -0.2) is 18.2 Å². The number of rotatable bonds is 4. The Bertz CT molecular complexity index is 750. The van der Waals surface area contributed by atoms with Crippen molar-refractivity contribution in [3.63, 3.8) is 0 Å². The van der Waals surface area contributed by atoms with E-state index in [9.17, 15) is 4.79 Å². The minimum atomic E-state index is -2.13. The Kier molecular flexibility index (Phi) is 4.38. The second-order valence-corrected chi connectivity index (χ2v) is 9.82. The molecule has 2 nitrogen and oxygen atoms in total. The van der Waals surface area contributed by atoms with Crippen LogP contribution in [0.5, 0.6) is 0 Å². The van der Waals surface area contributed by atoms with Crippen molar-refractivity contribution in [3.8, 4) is 0 Å². The molecule has 0 amide bonds. The number of carbonyl (C=O) groups is 1. The smallest absolute Gasteiger partial charge is 0.348 e. The molecule has 0 radical (unpaired) electrons. The van der Waals surface area contributed by atoms with Crippen LogP contribution in [0.3, 0.4) is 0 Å². The summed E-state index contributed by atoms with van der Waals surface area (Å²) in [5, 5.41) is 3.70. The lowest BCUT2D eigenvalue weighted by Crippen LogP contribution is -2.40. The summed E-state index contributed by atoms with van der Waals surface area (Å²) in [6.45, 7) is 0.512. The second-order valence-electron chi connectivity index (χ2n) is 6.20. The molecule has 0 N–H and O–H groups in total. The Balaban J connectivity index is 2.06. The largest absolute Gasteiger partial charge is 0.463 e. The summed E-state index contributed by atoms with van der Waals surface area (Å²) < 4.78 is 5.42. The van der Waals surface area contributed by atoms with Crippen molar-refractivity contribution in [1.29, 1.82) is 0 Å². The summed E-state index contributed by atoms with van der Waals surface area (Å²) in [6.07, 6.45) is 0.769. The number of esters is 1. The lowest BCUT2D eigenvalue weighted by Gasteiger charge is -2.30. The molecular formula is C22H20O2P+.